The molecule has 27 heavy (non-hydrogen) atoms. The highest BCUT2D eigenvalue weighted by atomic mass is 35.5. The summed E-state index contributed by atoms with van der Waals surface area (Å²) in [6, 6.07) is 13.5. The van der Waals surface area contributed by atoms with Gasteiger partial charge in [0.15, 0.2) is 0 Å². The van der Waals surface area contributed by atoms with Gasteiger partial charge < -0.3 is 15.2 Å². The molecule has 138 valence electrons. The van der Waals surface area contributed by atoms with Crippen molar-refractivity contribution in [3.8, 4) is 16.9 Å². The van der Waals surface area contributed by atoms with Gasteiger partial charge in [0.1, 0.15) is 16.3 Å². The summed E-state index contributed by atoms with van der Waals surface area (Å²) < 4.78 is 5.41. The van der Waals surface area contributed by atoms with Gasteiger partial charge in [0.25, 0.3) is 5.91 Å². The van der Waals surface area contributed by atoms with Crippen molar-refractivity contribution in [2.45, 2.75) is 6.92 Å². The van der Waals surface area contributed by atoms with Crippen molar-refractivity contribution < 1.29 is 19.4 Å². The zero-order valence-electron chi connectivity index (χ0n) is 14.4. The predicted molar refractivity (Wildman–Crippen MR) is 107 cm³/mol. The topological polar surface area (TPSA) is 75.6 Å². The molecule has 1 aromatic heterocycles. The second-order valence-electron chi connectivity index (χ2n) is 5.58. The van der Waals surface area contributed by atoms with Crippen molar-refractivity contribution in [2.24, 2.45) is 0 Å². The average molecular weight is 402 g/mol. The van der Waals surface area contributed by atoms with E-state index < -0.39 is 11.9 Å². The Morgan fingerprint density at radius 1 is 1.11 bits per heavy atom. The fourth-order valence-corrected chi connectivity index (χ4v) is 3.63. The van der Waals surface area contributed by atoms with Gasteiger partial charge in [-0.1, -0.05) is 23.7 Å². The van der Waals surface area contributed by atoms with Crippen LogP contribution in [-0.2, 0) is 0 Å². The van der Waals surface area contributed by atoms with Gasteiger partial charge in [-0.05, 0) is 48.9 Å². The minimum atomic E-state index is -1.11. The largest absolute Gasteiger partial charge is 0.494 e. The number of ether oxygens (including phenoxy) is 1. The third-order valence-electron chi connectivity index (χ3n) is 3.81. The lowest BCUT2D eigenvalue weighted by Crippen LogP contribution is -2.13. The number of rotatable bonds is 6. The number of amides is 1. The summed E-state index contributed by atoms with van der Waals surface area (Å²) in [5.74, 6) is -0.787. The molecule has 0 aliphatic heterocycles. The highest BCUT2D eigenvalue weighted by molar-refractivity contribution is 7.15. The Balaban J connectivity index is 1.90. The van der Waals surface area contributed by atoms with Gasteiger partial charge in [0, 0.05) is 21.5 Å². The molecule has 5 nitrogen and oxygen atoms in total. The van der Waals surface area contributed by atoms with Crippen LogP contribution >= 0.6 is 22.9 Å². The molecule has 0 saturated carbocycles. The van der Waals surface area contributed by atoms with Crippen LogP contribution in [0.1, 0.15) is 27.6 Å². The molecule has 0 fully saturated rings. The average Bonchev–Trinajstić information content (AvgIpc) is 3.07. The molecule has 2 aromatic carbocycles. The van der Waals surface area contributed by atoms with Crippen LogP contribution in [0.2, 0.25) is 5.02 Å². The lowest BCUT2D eigenvalue weighted by Gasteiger charge is -2.07. The standard InChI is InChI=1S/C20H16ClNO4S/c1-2-26-15-9-5-12(6-10-15)16-11-27-19(17(16)20(24)25)22-18(23)13-3-7-14(21)8-4-13/h3-11H,2H2,1H3,(H,22,23)(H,24,25). The van der Waals surface area contributed by atoms with E-state index in [-0.39, 0.29) is 10.6 Å². The number of carboxylic acids is 1. The Morgan fingerprint density at radius 3 is 2.37 bits per heavy atom. The molecule has 0 atom stereocenters. The van der Waals surface area contributed by atoms with Gasteiger partial charge in [0.2, 0.25) is 0 Å². The fraction of sp³-hybridized carbons (Fsp3) is 0.100. The number of carbonyl (C=O) groups is 2. The zero-order valence-corrected chi connectivity index (χ0v) is 15.9. The molecule has 1 heterocycles. The summed E-state index contributed by atoms with van der Waals surface area (Å²) in [7, 11) is 0. The first-order chi connectivity index (χ1) is 13.0. The number of halogens is 1. The van der Waals surface area contributed by atoms with Gasteiger partial charge in [-0.15, -0.1) is 11.3 Å². The van der Waals surface area contributed by atoms with Gasteiger partial charge in [-0.2, -0.15) is 0 Å². The first-order valence-corrected chi connectivity index (χ1v) is 9.40. The summed E-state index contributed by atoms with van der Waals surface area (Å²) >= 11 is 7.00. The second-order valence-corrected chi connectivity index (χ2v) is 6.89. The number of nitrogens with one attached hydrogen (secondary N) is 1. The highest BCUT2D eigenvalue weighted by Crippen LogP contribution is 2.36. The lowest BCUT2D eigenvalue weighted by molar-refractivity contribution is 0.0699. The number of aromatic carboxylic acids is 1. The normalized spacial score (nSPS) is 10.4. The van der Waals surface area contributed by atoms with Gasteiger partial charge in [-0.25, -0.2) is 4.79 Å². The third kappa shape index (κ3) is 4.30. The third-order valence-corrected chi connectivity index (χ3v) is 4.96. The smallest absolute Gasteiger partial charge is 0.339 e. The molecule has 1 amide bonds. The molecule has 7 heteroatoms. The summed E-state index contributed by atoms with van der Waals surface area (Å²) in [5, 5.41) is 14.9. The predicted octanol–water partition coefficient (Wildman–Crippen LogP) is 5.42. The summed E-state index contributed by atoms with van der Waals surface area (Å²) in [4.78, 5) is 24.2. The number of hydrogen-bond acceptors (Lipinski definition) is 4. The monoisotopic (exact) mass is 401 g/mol. The summed E-state index contributed by atoms with van der Waals surface area (Å²) in [6.45, 7) is 2.45. The second kappa shape index (κ2) is 8.24. The van der Waals surface area contributed by atoms with Gasteiger partial charge >= 0.3 is 5.97 Å². The Labute approximate surface area is 165 Å². The number of thiophene rings is 1. The van der Waals surface area contributed by atoms with Crippen molar-refractivity contribution in [3.63, 3.8) is 0 Å². The van der Waals surface area contributed by atoms with Crippen LogP contribution in [0.3, 0.4) is 0 Å². The Hall–Kier alpha value is -2.83. The fourth-order valence-electron chi connectivity index (χ4n) is 2.55. The van der Waals surface area contributed by atoms with E-state index in [1.54, 1.807) is 53.9 Å². The first kappa shape index (κ1) is 18.9. The molecule has 0 bridgehead atoms. The number of hydrogen-bond donors (Lipinski definition) is 2. The lowest BCUT2D eigenvalue weighted by atomic mass is 10.0. The maximum Gasteiger partial charge on any atom is 0.339 e. The van der Waals surface area contributed by atoms with E-state index >= 15 is 0 Å². The number of carboxylic acid groups (broad SMARTS) is 1. The minimum absolute atomic E-state index is 0.0615. The summed E-state index contributed by atoms with van der Waals surface area (Å²) in [6.07, 6.45) is 0. The maximum atomic E-state index is 12.4. The number of carbonyl (C=O) groups excluding carboxylic acids is 1. The molecule has 0 unspecified atom stereocenters. The molecule has 3 aromatic rings. The summed E-state index contributed by atoms with van der Waals surface area (Å²) in [5.41, 5.74) is 1.74. The van der Waals surface area contributed by atoms with Crippen LogP contribution in [0.4, 0.5) is 5.00 Å². The molecule has 2 N–H and O–H groups in total. The van der Waals surface area contributed by atoms with E-state index in [1.165, 1.54) is 11.3 Å². The van der Waals surface area contributed by atoms with Crippen LogP contribution < -0.4 is 10.1 Å². The zero-order chi connectivity index (χ0) is 19.4. The molecular weight excluding hydrogens is 386 g/mol. The molecule has 0 spiro atoms. The van der Waals surface area contributed by atoms with Crippen LogP contribution in [0.15, 0.2) is 53.9 Å². The van der Waals surface area contributed by atoms with E-state index in [0.29, 0.717) is 28.5 Å². The van der Waals surface area contributed by atoms with Crippen LogP contribution in [-0.4, -0.2) is 23.6 Å². The van der Waals surface area contributed by atoms with Gasteiger partial charge in [-0.3, -0.25) is 4.79 Å². The van der Waals surface area contributed by atoms with E-state index in [9.17, 15) is 14.7 Å². The van der Waals surface area contributed by atoms with Crippen LogP contribution in [0.25, 0.3) is 11.1 Å². The number of anilines is 1. The van der Waals surface area contributed by atoms with Gasteiger partial charge in [0.05, 0.1) is 6.61 Å². The van der Waals surface area contributed by atoms with Crippen LogP contribution in [0.5, 0.6) is 5.75 Å². The highest BCUT2D eigenvalue weighted by Gasteiger charge is 2.21. The van der Waals surface area contributed by atoms with Crippen molar-refractivity contribution in [1.82, 2.24) is 0 Å². The maximum absolute atomic E-state index is 12.4. The van der Waals surface area contributed by atoms with Crippen molar-refractivity contribution >= 4 is 39.8 Å². The molecule has 0 radical (unpaired) electrons. The van der Waals surface area contributed by atoms with Crippen molar-refractivity contribution in [2.75, 3.05) is 11.9 Å². The number of benzene rings is 2. The minimum Gasteiger partial charge on any atom is -0.494 e. The Bertz CT molecular complexity index is 965. The van der Waals surface area contributed by atoms with Crippen LogP contribution in [0, 0.1) is 0 Å². The van der Waals surface area contributed by atoms with E-state index in [1.807, 2.05) is 6.92 Å². The van der Waals surface area contributed by atoms with E-state index in [0.717, 1.165) is 5.56 Å². The first-order valence-electron chi connectivity index (χ1n) is 8.14. The molecule has 0 aliphatic rings. The van der Waals surface area contributed by atoms with E-state index in [4.69, 9.17) is 16.3 Å². The van der Waals surface area contributed by atoms with E-state index in [2.05, 4.69) is 5.32 Å². The van der Waals surface area contributed by atoms with Crippen molar-refractivity contribution in [3.05, 3.63) is 70.1 Å². The Morgan fingerprint density at radius 2 is 1.78 bits per heavy atom. The van der Waals surface area contributed by atoms with Crippen molar-refractivity contribution in [1.29, 1.82) is 0 Å². The SMILES string of the molecule is CCOc1ccc(-c2csc(NC(=O)c3ccc(Cl)cc3)c2C(=O)O)cc1. The molecule has 0 saturated heterocycles. The Kier molecular flexibility index (Phi) is 5.78. The molecule has 3 rings (SSSR count). The molecule has 0 aliphatic carbocycles. The molecular formula is C20H16ClNO4S. The quantitative estimate of drug-likeness (QED) is 0.578.